The van der Waals surface area contributed by atoms with E-state index < -0.39 is 5.82 Å². The molecular formula is C14H8FNOS3. The molecule has 0 atom stereocenters. The first-order valence-electron chi connectivity index (χ1n) is 5.72. The topological polar surface area (TPSA) is 20.3 Å². The third-order valence-electron chi connectivity index (χ3n) is 2.68. The molecule has 2 nitrogen and oxygen atoms in total. The molecule has 1 aliphatic heterocycles. The van der Waals surface area contributed by atoms with Crippen molar-refractivity contribution in [1.29, 1.82) is 0 Å². The molecule has 0 unspecified atom stereocenters. The monoisotopic (exact) mass is 321 g/mol. The zero-order valence-corrected chi connectivity index (χ0v) is 12.5. The van der Waals surface area contributed by atoms with E-state index in [1.54, 1.807) is 23.5 Å². The van der Waals surface area contributed by atoms with Crippen LogP contribution in [0.15, 0.2) is 46.7 Å². The Morgan fingerprint density at radius 3 is 2.80 bits per heavy atom. The molecule has 3 rings (SSSR count). The average molecular weight is 321 g/mol. The first kappa shape index (κ1) is 13.5. The van der Waals surface area contributed by atoms with E-state index in [1.807, 2.05) is 23.6 Å². The number of thiophene rings is 1. The van der Waals surface area contributed by atoms with Gasteiger partial charge in [0.15, 0.2) is 4.32 Å². The summed E-state index contributed by atoms with van der Waals surface area (Å²) >= 11 is 8.01. The van der Waals surface area contributed by atoms with Crippen LogP contribution in [0.4, 0.5) is 10.1 Å². The Kier molecular flexibility index (Phi) is 3.69. The van der Waals surface area contributed by atoms with Crippen LogP contribution in [0, 0.1) is 5.82 Å². The van der Waals surface area contributed by atoms with E-state index in [2.05, 4.69) is 0 Å². The van der Waals surface area contributed by atoms with Crippen LogP contribution in [0.3, 0.4) is 0 Å². The predicted octanol–water partition coefficient (Wildman–Crippen LogP) is 4.29. The lowest BCUT2D eigenvalue weighted by atomic mass is 10.3. The number of carbonyl (C=O) groups excluding carboxylic acids is 1. The quantitative estimate of drug-likeness (QED) is 0.608. The summed E-state index contributed by atoms with van der Waals surface area (Å²) in [4.78, 5) is 15.3. The van der Waals surface area contributed by atoms with E-state index in [1.165, 1.54) is 28.8 Å². The van der Waals surface area contributed by atoms with Gasteiger partial charge in [0.05, 0.1) is 10.6 Å². The van der Waals surface area contributed by atoms with Gasteiger partial charge in [-0.25, -0.2) is 4.39 Å². The van der Waals surface area contributed by atoms with Crippen molar-refractivity contribution in [2.24, 2.45) is 0 Å². The molecule has 0 saturated carbocycles. The second-order valence-electron chi connectivity index (χ2n) is 4.01. The largest absolute Gasteiger partial charge is 0.270 e. The van der Waals surface area contributed by atoms with Crippen LogP contribution in [-0.4, -0.2) is 10.2 Å². The molecule has 100 valence electrons. The Morgan fingerprint density at radius 1 is 1.25 bits per heavy atom. The van der Waals surface area contributed by atoms with Crippen LogP contribution in [0.2, 0.25) is 0 Å². The Labute approximate surface area is 128 Å². The van der Waals surface area contributed by atoms with Crippen molar-refractivity contribution < 1.29 is 9.18 Å². The summed E-state index contributed by atoms with van der Waals surface area (Å²) in [5.74, 6) is -0.599. The van der Waals surface area contributed by atoms with Gasteiger partial charge in [-0.05, 0) is 35.7 Å². The highest BCUT2D eigenvalue weighted by atomic mass is 32.2. The van der Waals surface area contributed by atoms with Gasteiger partial charge in [-0.1, -0.05) is 36.1 Å². The van der Waals surface area contributed by atoms with Crippen LogP contribution in [0.25, 0.3) is 6.08 Å². The minimum absolute atomic E-state index is 0.209. The minimum Gasteiger partial charge on any atom is -0.268 e. The van der Waals surface area contributed by atoms with Crippen molar-refractivity contribution in [1.82, 2.24) is 0 Å². The molecule has 1 aromatic carbocycles. The van der Waals surface area contributed by atoms with Crippen molar-refractivity contribution in [2.45, 2.75) is 0 Å². The fourth-order valence-corrected chi connectivity index (χ4v) is 3.83. The van der Waals surface area contributed by atoms with Crippen molar-refractivity contribution >= 4 is 57.3 Å². The normalized spacial score (nSPS) is 17.2. The van der Waals surface area contributed by atoms with Gasteiger partial charge < -0.3 is 0 Å². The van der Waals surface area contributed by atoms with E-state index in [4.69, 9.17) is 12.2 Å². The van der Waals surface area contributed by atoms with E-state index in [9.17, 15) is 9.18 Å². The Hall–Kier alpha value is -1.50. The molecule has 0 aliphatic carbocycles. The van der Waals surface area contributed by atoms with Crippen LogP contribution in [0.1, 0.15) is 4.88 Å². The van der Waals surface area contributed by atoms with Gasteiger partial charge in [-0.3, -0.25) is 9.69 Å². The molecule has 1 fully saturated rings. The van der Waals surface area contributed by atoms with Gasteiger partial charge in [0.1, 0.15) is 5.82 Å². The van der Waals surface area contributed by atoms with Crippen LogP contribution >= 0.6 is 35.3 Å². The Bertz CT molecular complexity index is 709. The first-order valence-corrected chi connectivity index (χ1v) is 7.82. The Balaban J connectivity index is 1.95. The number of rotatable bonds is 2. The first-order chi connectivity index (χ1) is 9.65. The summed E-state index contributed by atoms with van der Waals surface area (Å²) in [6.07, 6.45) is 1.81. The van der Waals surface area contributed by atoms with E-state index in [0.29, 0.717) is 14.9 Å². The van der Waals surface area contributed by atoms with Gasteiger partial charge in [-0.15, -0.1) is 11.3 Å². The number of anilines is 1. The maximum Gasteiger partial charge on any atom is 0.270 e. The van der Waals surface area contributed by atoms with Gasteiger partial charge >= 0.3 is 0 Å². The van der Waals surface area contributed by atoms with E-state index in [-0.39, 0.29) is 5.91 Å². The van der Waals surface area contributed by atoms with Crippen LogP contribution in [-0.2, 0) is 4.79 Å². The number of hydrogen-bond donors (Lipinski definition) is 0. The summed E-state index contributed by atoms with van der Waals surface area (Å²) in [5.41, 5.74) is 0.460. The van der Waals surface area contributed by atoms with Gasteiger partial charge in [0.25, 0.3) is 5.91 Å². The standard InChI is InChI=1S/C14H8FNOS3/c15-9-3-1-4-10(7-9)16-13(17)12(20-14(16)18)8-11-5-2-6-19-11/h1-8H. The summed E-state index contributed by atoms with van der Waals surface area (Å²) < 4.78 is 13.7. The highest BCUT2D eigenvalue weighted by Gasteiger charge is 2.33. The highest BCUT2D eigenvalue weighted by Crippen LogP contribution is 2.36. The smallest absolute Gasteiger partial charge is 0.268 e. The summed E-state index contributed by atoms with van der Waals surface area (Å²) in [7, 11) is 0. The molecule has 1 aliphatic rings. The summed E-state index contributed by atoms with van der Waals surface area (Å²) in [5, 5.41) is 1.94. The second kappa shape index (κ2) is 5.47. The number of amides is 1. The zero-order valence-electron chi connectivity index (χ0n) is 10.1. The molecule has 6 heteroatoms. The molecular weight excluding hydrogens is 313 g/mol. The SMILES string of the molecule is O=C1C(=Cc2cccs2)SC(=S)N1c1cccc(F)c1. The van der Waals surface area contributed by atoms with Crippen molar-refractivity contribution in [3.8, 4) is 0 Å². The molecule has 1 saturated heterocycles. The van der Waals surface area contributed by atoms with Gasteiger partial charge in [0.2, 0.25) is 0 Å². The van der Waals surface area contributed by atoms with Gasteiger partial charge in [0, 0.05) is 4.88 Å². The molecule has 20 heavy (non-hydrogen) atoms. The lowest BCUT2D eigenvalue weighted by Crippen LogP contribution is -2.27. The second-order valence-corrected chi connectivity index (χ2v) is 6.67. The lowest BCUT2D eigenvalue weighted by Gasteiger charge is -2.14. The fraction of sp³-hybridized carbons (Fsp3) is 0. The molecule has 0 radical (unpaired) electrons. The van der Waals surface area contributed by atoms with Crippen molar-refractivity contribution in [3.63, 3.8) is 0 Å². The number of carbonyl (C=O) groups is 1. The van der Waals surface area contributed by atoms with E-state index in [0.717, 1.165) is 4.88 Å². The molecule has 0 bridgehead atoms. The maximum atomic E-state index is 13.3. The predicted molar refractivity (Wildman–Crippen MR) is 86.4 cm³/mol. The Morgan fingerprint density at radius 2 is 2.10 bits per heavy atom. The fourth-order valence-electron chi connectivity index (χ4n) is 1.81. The van der Waals surface area contributed by atoms with E-state index >= 15 is 0 Å². The van der Waals surface area contributed by atoms with Crippen LogP contribution < -0.4 is 4.90 Å². The minimum atomic E-state index is -0.390. The molecule has 0 spiro atoms. The van der Waals surface area contributed by atoms with Crippen molar-refractivity contribution in [3.05, 3.63) is 57.4 Å². The molecule has 1 aromatic heterocycles. The number of halogens is 1. The number of benzene rings is 1. The third-order valence-corrected chi connectivity index (χ3v) is 4.80. The van der Waals surface area contributed by atoms with Gasteiger partial charge in [-0.2, -0.15) is 0 Å². The molecule has 1 amide bonds. The lowest BCUT2D eigenvalue weighted by molar-refractivity contribution is -0.113. The number of hydrogen-bond acceptors (Lipinski definition) is 4. The number of nitrogens with zero attached hydrogens (tertiary/aromatic N) is 1. The summed E-state index contributed by atoms with van der Waals surface area (Å²) in [6, 6.07) is 9.72. The summed E-state index contributed by atoms with van der Waals surface area (Å²) in [6.45, 7) is 0. The zero-order chi connectivity index (χ0) is 14.1. The number of thiocarbonyl (C=S) groups is 1. The molecule has 2 aromatic rings. The van der Waals surface area contributed by atoms with Crippen molar-refractivity contribution in [2.75, 3.05) is 4.90 Å². The molecule has 0 N–H and O–H groups in total. The average Bonchev–Trinajstić information content (AvgIpc) is 2.99. The maximum absolute atomic E-state index is 13.3. The van der Waals surface area contributed by atoms with Crippen LogP contribution in [0.5, 0.6) is 0 Å². The highest BCUT2D eigenvalue weighted by molar-refractivity contribution is 8.27. The third kappa shape index (κ3) is 2.54. The number of thioether (sulfide) groups is 1. The molecule has 2 heterocycles.